The molecule has 20 heavy (non-hydrogen) atoms. The molecule has 2 aromatic carbocycles. The van der Waals surface area contributed by atoms with Crippen molar-refractivity contribution in [2.45, 2.75) is 19.4 Å². The van der Waals surface area contributed by atoms with E-state index in [4.69, 9.17) is 0 Å². The molecule has 0 spiro atoms. The standard InChI is InChI=1S/C17H18N2O/c1-12-7-3-4-8-13(12)17(20)11-15-14-9-5-6-10-16(14)19(2)18-15/h3-10,17,20H,11H2,1-2H3. The molecule has 3 heteroatoms. The lowest BCUT2D eigenvalue weighted by Crippen LogP contribution is -2.05. The van der Waals surface area contributed by atoms with Crippen molar-refractivity contribution < 1.29 is 5.11 Å². The van der Waals surface area contributed by atoms with Crippen LogP contribution in [0.3, 0.4) is 0 Å². The Morgan fingerprint density at radius 3 is 2.60 bits per heavy atom. The van der Waals surface area contributed by atoms with Crippen LogP contribution in [0, 0.1) is 6.92 Å². The third kappa shape index (κ3) is 2.21. The lowest BCUT2D eigenvalue weighted by Gasteiger charge is -2.12. The SMILES string of the molecule is Cc1ccccc1C(O)Cc1nn(C)c2ccccc12. The van der Waals surface area contributed by atoms with Crippen LogP contribution in [-0.2, 0) is 13.5 Å². The van der Waals surface area contributed by atoms with Crippen molar-refractivity contribution in [3.8, 4) is 0 Å². The molecule has 3 aromatic rings. The smallest absolute Gasteiger partial charge is 0.0848 e. The first-order valence-electron chi connectivity index (χ1n) is 6.81. The van der Waals surface area contributed by atoms with E-state index >= 15 is 0 Å². The van der Waals surface area contributed by atoms with Crippen molar-refractivity contribution in [3.05, 3.63) is 65.4 Å². The number of aliphatic hydroxyl groups excluding tert-OH is 1. The zero-order valence-electron chi connectivity index (χ0n) is 11.7. The van der Waals surface area contributed by atoms with Crippen LogP contribution in [-0.4, -0.2) is 14.9 Å². The largest absolute Gasteiger partial charge is 0.388 e. The predicted octanol–water partition coefficient (Wildman–Crippen LogP) is 3.16. The molecule has 0 bridgehead atoms. The van der Waals surface area contributed by atoms with Gasteiger partial charge in [-0.1, -0.05) is 42.5 Å². The van der Waals surface area contributed by atoms with Gasteiger partial charge in [-0.05, 0) is 24.1 Å². The molecule has 3 rings (SSSR count). The summed E-state index contributed by atoms with van der Waals surface area (Å²) in [5.74, 6) is 0. The van der Waals surface area contributed by atoms with Gasteiger partial charge < -0.3 is 5.11 Å². The summed E-state index contributed by atoms with van der Waals surface area (Å²) in [4.78, 5) is 0. The molecule has 0 fully saturated rings. The quantitative estimate of drug-likeness (QED) is 0.790. The Kier molecular flexibility index (Phi) is 3.28. The van der Waals surface area contributed by atoms with E-state index in [9.17, 15) is 5.11 Å². The Morgan fingerprint density at radius 1 is 1.10 bits per heavy atom. The minimum absolute atomic E-state index is 0.519. The van der Waals surface area contributed by atoms with E-state index < -0.39 is 6.10 Å². The highest BCUT2D eigenvalue weighted by Gasteiger charge is 2.15. The van der Waals surface area contributed by atoms with Gasteiger partial charge in [0.1, 0.15) is 0 Å². The highest BCUT2D eigenvalue weighted by Crippen LogP contribution is 2.25. The van der Waals surface area contributed by atoms with Crippen molar-refractivity contribution in [2.24, 2.45) is 7.05 Å². The number of rotatable bonds is 3. The maximum Gasteiger partial charge on any atom is 0.0848 e. The number of aliphatic hydroxyl groups is 1. The van der Waals surface area contributed by atoms with Crippen LogP contribution in [0.5, 0.6) is 0 Å². The zero-order chi connectivity index (χ0) is 14.1. The number of fused-ring (bicyclic) bond motifs is 1. The van der Waals surface area contributed by atoms with E-state index in [0.29, 0.717) is 6.42 Å². The van der Waals surface area contributed by atoms with Crippen LogP contribution in [0.15, 0.2) is 48.5 Å². The number of aryl methyl sites for hydroxylation is 2. The van der Waals surface area contributed by atoms with Gasteiger partial charge in [0, 0.05) is 18.9 Å². The summed E-state index contributed by atoms with van der Waals surface area (Å²) in [5, 5.41) is 16.1. The molecule has 3 nitrogen and oxygen atoms in total. The summed E-state index contributed by atoms with van der Waals surface area (Å²) in [6.07, 6.45) is 0.0150. The van der Waals surface area contributed by atoms with Gasteiger partial charge in [0.05, 0.1) is 17.3 Å². The van der Waals surface area contributed by atoms with Gasteiger partial charge in [-0.3, -0.25) is 4.68 Å². The Balaban J connectivity index is 1.96. The van der Waals surface area contributed by atoms with Crippen molar-refractivity contribution in [1.29, 1.82) is 0 Å². The molecule has 0 aliphatic heterocycles. The van der Waals surface area contributed by atoms with E-state index in [1.807, 2.05) is 61.1 Å². The predicted molar refractivity (Wildman–Crippen MR) is 80.6 cm³/mol. The molecule has 1 aromatic heterocycles. The normalized spacial score (nSPS) is 12.8. The third-order valence-corrected chi connectivity index (χ3v) is 3.77. The fourth-order valence-corrected chi connectivity index (χ4v) is 2.69. The van der Waals surface area contributed by atoms with Crippen molar-refractivity contribution >= 4 is 10.9 Å². The first-order chi connectivity index (χ1) is 9.66. The molecular formula is C17H18N2O. The van der Waals surface area contributed by atoms with E-state index in [1.165, 1.54) is 0 Å². The van der Waals surface area contributed by atoms with Crippen LogP contribution in [0.2, 0.25) is 0 Å². The van der Waals surface area contributed by atoms with Crippen LogP contribution < -0.4 is 0 Å². The lowest BCUT2D eigenvalue weighted by molar-refractivity contribution is 0.176. The maximum absolute atomic E-state index is 10.5. The highest BCUT2D eigenvalue weighted by atomic mass is 16.3. The minimum atomic E-state index is -0.519. The van der Waals surface area contributed by atoms with E-state index in [-0.39, 0.29) is 0 Å². The van der Waals surface area contributed by atoms with Crippen LogP contribution in [0.25, 0.3) is 10.9 Å². The summed E-state index contributed by atoms with van der Waals surface area (Å²) in [7, 11) is 1.94. The average molecular weight is 266 g/mol. The molecule has 0 aliphatic carbocycles. The number of benzene rings is 2. The van der Waals surface area contributed by atoms with Crippen molar-refractivity contribution in [3.63, 3.8) is 0 Å². The first-order valence-corrected chi connectivity index (χ1v) is 6.81. The molecule has 1 unspecified atom stereocenters. The highest BCUT2D eigenvalue weighted by molar-refractivity contribution is 5.81. The number of hydrogen-bond donors (Lipinski definition) is 1. The van der Waals surface area contributed by atoms with E-state index in [2.05, 4.69) is 11.2 Å². The molecule has 0 saturated heterocycles. The monoisotopic (exact) mass is 266 g/mol. The second kappa shape index (κ2) is 5.10. The topological polar surface area (TPSA) is 38.1 Å². The summed E-state index contributed by atoms with van der Waals surface area (Å²) >= 11 is 0. The van der Waals surface area contributed by atoms with Gasteiger partial charge in [0.15, 0.2) is 0 Å². The summed E-state index contributed by atoms with van der Waals surface area (Å²) in [5.41, 5.74) is 4.13. The fourth-order valence-electron chi connectivity index (χ4n) is 2.69. The van der Waals surface area contributed by atoms with Gasteiger partial charge >= 0.3 is 0 Å². The first kappa shape index (κ1) is 12.9. The molecule has 1 heterocycles. The molecule has 0 saturated carbocycles. The van der Waals surface area contributed by atoms with Crippen LogP contribution >= 0.6 is 0 Å². The second-order valence-electron chi connectivity index (χ2n) is 5.16. The molecule has 0 aliphatic rings. The van der Waals surface area contributed by atoms with Gasteiger partial charge in [-0.25, -0.2) is 0 Å². The lowest BCUT2D eigenvalue weighted by atomic mass is 9.99. The number of hydrogen-bond acceptors (Lipinski definition) is 2. The van der Waals surface area contributed by atoms with Gasteiger partial charge in [0.25, 0.3) is 0 Å². The van der Waals surface area contributed by atoms with Crippen molar-refractivity contribution in [2.75, 3.05) is 0 Å². The summed E-state index contributed by atoms with van der Waals surface area (Å²) in [6.45, 7) is 2.02. The second-order valence-corrected chi connectivity index (χ2v) is 5.16. The molecular weight excluding hydrogens is 248 g/mol. The van der Waals surface area contributed by atoms with Crippen LogP contribution in [0.1, 0.15) is 22.9 Å². The molecule has 0 amide bonds. The van der Waals surface area contributed by atoms with E-state index in [1.54, 1.807) is 0 Å². The Morgan fingerprint density at radius 2 is 1.80 bits per heavy atom. The zero-order valence-corrected chi connectivity index (χ0v) is 11.7. The minimum Gasteiger partial charge on any atom is -0.388 e. The molecule has 0 radical (unpaired) electrons. The van der Waals surface area contributed by atoms with Gasteiger partial charge in [0.2, 0.25) is 0 Å². The molecule has 102 valence electrons. The third-order valence-electron chi connectivity index (χ3n) is 3.77. The summed E-state index contributed by atoms with van der Waals surface area (Å²) < 4.78 is 1.87. The fraction of sp³-hybridized carbons (Fsp3) is 0.235. The number of nitrogens with zero attached hydrogens (tertiary/aromatic N) is 2. The van der Waals surface area contributed by atoms with Crippen LogP contribution in [0.4, 0.5) is 0 Å². The van der Waals surface area contributed by atoms with E-state index in [0.717, 1.165) is 27.7 Å². The Bertz CT molecular complexity index is 746. The number of para-hydroxylation sites is 1. The van der Waals surface area contributed by atoms with Gasteiger partial charge in [-0.2, -0.15) is 5.10 Å². The Hall–Kier alpha value is -2.13. The summed E-state index contributed by atoms with van der Waals surface area (Å²) in [6, 6.07) is 16.1. The number of aromatic nitrogens is 2. The van der Waals surface area contributed by atoms with Gasteiger partial charge in [-0.15, -0.1) is 0 Å². The Labute approximate surface area is 118 Å². The molecule has 1 N–H and O–H groups in total. The molecule has 1 atom stereocenters. The van der Waals surface area contributed by atoms with Crippen molar-refractivity contribution in [1.82, 2.24) is 9.78 Å². The maximum atomic E-state index is 10.5. The average Bonchev–Trinajstić information content (AvgIpc) is 2.76.